The molecular formula is C29H50O. The van der Waals surface area contributed by atoms with Crippen LogP contribution in [0, 0.1) is 58.2 Å². The van der Waals surface area contributed by atoms with Crippen molar-refractivity contribution in [2.24, 2.45) is 58.2 Å². The van der Waals surface area contributed by atoms with Crippen LogP contribution in [0.5, 0.6) is 0 Å². The Kier molecular flexibility index (Phi) is 6.28. The first-order chi connectivity index (χ1) is 14.1. The lowest BCUT2D eigenvalue weighted by Crippen LogP contribution is -2.56. The van der Waals surface area contributed by atoms with Crippen molar-refractivity contribution in [1.82, 2.24) is 0 Å². The Hall–Kier alpha value is -0.300. The molecule has 4 aliphatic rings. The van der Waals surface area contributed by atoms with E-state index in [2.05, 4.69) is 48.1 Å². The molecule has 10 atom stereocenters. The summed E-state index contributed by atoms with van der Waals surface area (Å²) < 4.78 is 0. The van der Waals surface area contributed by atoms with E-state index in [0.717, 1.165) is 41.9 Å². The SMILES string of the molecule is C=C(CC[C@@H](C)[C@H]1CCC2C3CC[C@H]4[C@H](C)[C@@H](O)CC[C@]4(C)C3CC[C@@]21C)C(C)C. The molecular weight excluding hydrogens is 364 g/mol. The molecule has 0 saturated heterocycles. The Bertz CT molecular complexity index is 636. The van der Waals surface area contributed by atoms with Crippen LogP contribution < -0.4 is 0 Å². The first-order valence-corrected chi connectivity index (χ1v) is 13.4. The zero-order valence-corrected chi connectivity index (χ0v) is 20.9. The number of hydrogen-bond acceptors (Lipinski definition) is 1. The second-order valence-corrected chi connectivity index (χ2v) is 13.1. The molecule has 1 heteroatoms. The fourth-order valence-corrected chi connectivity index (χ4v) is 9.59. The third-order valence-electron chi connectivity index (χ3n) is 11.7. The van der Waals surface area contributed by atoms with Gasteiger partial charge in [-0.05, 0) is 122 Å². The highest BCUT2D eigenvalue weighted by Crippen LogP contribution is 2.68. The van der Waals surface area contributed by atoms with E-state index in [0.29, 0.717) is 22.7 Å². The molecule has 0 bridgehead atoms. The number of fused-ring (bicyclic) bond motifs is 5. The number of allylic oxidation sites excluding steroid dienone is 1. The van der Waals surface area contributed by atoms with Gasteiger partial charge in [-0.3, -0.25) is 0 Å². The predicted octanol–water partition coefficient (Wildman–Crippen LogP) is 7.88. The molecule has 4 rings (SSSR count). The highest BCUT2D eigenvalue weighted by molar-refractivity contribution is 5.10. The van der Waals surface area contributed by atoms with Crippen molar-refractivity contribution >= 4 is 0 Å². The summed E-state index contributed by atoms with van der Waals surface area (Å²) in [6.45, 7) is 19.2. The summed E-state index contributed by atoms with van der Waals surface area (Å²) in [6, 6.07) is 0. The van der Waals surface area contributed by atoms with Crippen molar-refractivity contribution in [3.8, 4) is 0 Å². The van der Waals surface area contributed by atoms with Crippen molar-refractivity contribution < 1.29 is 5.11 Å². The minimum Gasteiger partial charge on any atom is -0.393 e. The molecule has 172 valence electrons. The van der Waals surface area contributed by atoms with Gasteiger partial charge < -0.3 is 5.11 Å². The van der Waals surface area contributed by atoms with Crippen molar-refractivity contribution in [3.05, 3.63) is 12.2 Å². The van der Waals surface area contributed by atoms with Crippen LogP contribution in [-0.2, 0) is 0 Å². The lowest BCUT2D eigenvalue weighted by Gasteiger charge is -2.62. The van der Waals surface area contributed by atoms with Crippen molar-refractivity contribution in [2.75, 3.05) is 0 Å². The van der Waals surface area contributed by atoms with Crippen LogP contribution in [-0.4, -0.2) is 11.2 Å². The minimum atomic E-state index is -0.0502. The summed E-state index contributed by atoms with van der Waals surface area (Å²) in [7, 11) is 0. The van der Waals surface area contributed by atoms with Crippen LogP contribution in [0.1, 0.15) is 106 Å². The van der Waals surface area contributed by atoms with Gasteiger partial charge in [0.1, 0.15) is 0 Å². The first kappa shape index (κ1) is 22.9. The Morgan fingerprint density at radius 2 is 1.53 bits per heavy atom. The number of rotatable bonds is 5. The molecule has 0 heterocycles. The maximum absolute atomic E-state index is 10.5. The zero-order valence-electron chi connectivity index (χ0n) is 20.9. The summed E-state index contributed by atoms with van der Waals surface area (Å²) in [5.74, 6) is 6.47. The zero-order chi connectivity index (χ0) is 21.8. The van der Waals surface area contributed by atoms with Crippen LogP contribution in [0.2, 0.25) is 0 Å². The third kappa shape index (κ3) is 3.54. The lowest BCUT2D eigenvalue weighted by molar-refractivity contribution is -0.149. The lowest BCUT2D eigenvalue weighted by atomic mass is 9.43. The molecule has 0 aliphatic heterocycles. The monoisotopic (exact) mass is 414 g/mol. The predicted molar refractivity (Wildman–Crippen MR) is 128 cm³/mol. The van der Waals surface area contributed by atoms with Crippen LogP contribution in [0.15, 0.2) is 12.2 Å². The molecule has 0 aromatic rings. The molecule has 0 amide bonds. The average Bonchev–Trinajstić information content (AvgIpc) is 3.06. The Morgan fingerprint density at radius 1 is 0.900 bits per heavy atom. The van der Waals surface area contributed by atoms with Crippen molar-refractivity contribution in [3.63, 3.8) is 0 Å². The Balaban J connectivity index is 1.48. The van der Waals surface area contributed by atoms with E-state index in [9.17, 15) is 5.11 Å². The van der Waals surface area contributed by atoms with Gasteiger partial charge in [0, 0.05) is 0 Å². The van der Waals surface area contributed by atoms with E-state index in [1.54, 1.807) is 0 Å². The Morgan fingerprint density at radius 3 is 2.23 bits per heavy atom. The molecule has 3 unspecified atom stereocenters. The summed E-state index contributed by atoms with van der Waals surface area (Å²) >= 11 is 0. The van der Waals surface area contributed by atoms with Gasteiger partial charge in [-0.2, -0.15) is 0 Å². The van der Waals surface area contributed by atoms with Gasteiger partial charge in [-0.1, -0.05) is 53.7 Å². The van der Waals surface area contributed by atoms with E-state index in [4.69, 9.17) is 0 Å². The fraction of sp³-hybridized carbons (Fsp3) is 0.931. The van der Waals surface area contributed by atoms with Crippen LogP contribution in [0.4, 0.5) is 0 Å². The normalized spacial score (nSPS) is 49.3. The van der Waals surface area contributed by atoms with Gasteiger partial charge >= 0.3 is 0 Å². The van der Waals surface area contributed by atoms with Crippen molar-refractivity contribution in [2.45, 2.75) is 112 Å². The van der Waals surface area contributed by atoms with Gasteiger partial charge in [-0.25, -0.2) is 0 Å². The van der Waals surface area contributed by atoms with E-state index < -0.39 is 0 Å². The highest BCUT2D eigenvalue weighted by Gasteiger charge is 2.61. The maximum atomic E-state index is 10.5. The standard InChI is InChI=1S/C29H50O/c1-18(2)19(3)8-9-20(4)23-12-13-25-22-10-11-24-21(5)27(30)15-17-29(24,7)26(22)14-16-28(23,25)6/h18,20-27,30H,3,8-17H2,1-2,4-7H3/t20-,21+,22?,23-,24+,25?,26?,27+,28-,29+/m1/s1. The second kappa shape index (κ2) is 8.24. The first-order valence-electron chi connectivity index (χ1n) is 13.4. The number of aliphatic hydroxyl groups excluding tert-OH is 1. The van der Waals surface area contributed by atoms with Gasteiger partial charge in [0.25, 0.3) is 0 Å². The highest BCUT2D eigenvalue weighted by atomic mass is 16.3. The minimum absolute atomic E-state index is 0.0502. The molecule has 0 spiro atoms. The topological polar surface area (TPSA) is 20.2 Å². The molecule has 4 saturated carbocycles. The molecule has 1 nitrogen and oxygen atoms in total. The second-order valence-electron chi connectivity index (χ2n) is 13.1. The number of hydrogen-bond donors (Lipinski definition) is 1. The van der Waals surface area contributed by atoms with Crippen molar-refractivity contribution in [1.29, 1.82) is 0 Å². The quantitative estimate of drug-likeness (QED) is 0.454. The molecule has 0 aromatic heterocycles. The molecule has 4 fully saturated rings. The van der Waals surface area contributed by atoms with Gasteiger partial charge in [0.2, 0.25) is 0 Å². The largest absolute Gasteiger partial charge is 0.393 e. The summed E-state index contributed by atoms with van der Waals surface area (Å²) in [4.78, 5) is 0. The molecule has 4 aliphatic carbocycles. The fourth-order valence-electron chi connectivity index (χ4n) is 9.59. The Labute approximate surface area is 187 Å². The molecule has 0 aromatic carbocycles. The van der Waals surface area contributed by atoms with Gasteiger partial charge in [0.15, 0.2) is 0 Å². The van der Waals surface area contributed by atoms with Crippen LogP contribution >= 0.6 is 0 Å². The van der Waals surface area contributed by atoms with Gasteiger partial charge in [0.05, 0.1) is 6.10 Å². The summed E-state index contributed by atoms with van der Waals surface area (Å²) in [6.07, 6.45) is 13.5. The van der Waals surface area contributed by atoms with Gasteiger partial charge in [-0.15, -0.1) is 0 Å². The summed E-state index contributed by atoms with van der Waals surface area (Å²) in [5.41, 5.74) is 2.51. The molecule has 1 N–H and O–H groups in total. The van der Waals surface area contributed by atoms with Crippen LogP contribution in [0.3, 0.4) is 0 Å². The van der Waals surface area contributed by atoms with Crippen LogP contribution in [0.25, 0.3) is 0 Å². The molecule has 30 heavy (non-hydrogen) atoms. The van der Waals surface area contributed by atoms with E-state index in [1.165, 1.54) is 63.4 Å². The summed E-state index contributed by atoms with van der Waals surface area (Å²) in [5, 5.41) is 10.5. The van der Waals surface area contributed by atoms with E-state index in [-0.39, 0.29) is 6.10 Å². The average molecular weight is 415 g/mol. The molecule has 0 radical (unpaired) electrons. The smallest absolute Gasteiger partial charge is 0.0568 e. The van der Waals surface area contributed by atoms with E-state index in [1.807, 2.05) is 0 Å². The van der Waals surface area contributed by atoms with E-state index >= 15 is 0 Å². The number of aliphatic hydroxyl groups is 1. The third-order valence-corrected chi connectivity index (χ3v) is 11.7. The maximum Gasteiger partial charge on any atom is 0.0568 e.